The first-order valence-electron chi connectivity index (χ1n) is 9.98. The van der Waals surface area contributed by atoms with Gasteiger partial charge in [0.2, 0.25) is 5.91 Å². The van der Waals surface area contributed by atoms with E-state index >= 15 is 0 Å². The molecule has 1 saturated heterocycles. The van der Waals surface area contributed by atoms with E-state index < -0.39 is 5.54 Å². The molecule has 0 saturated carbocycles. The van der Waals surface area contributed by atoms with Gasteiger partial charge in [-0.25, -0.2) is 0 Å². The van der Waals surface area contributed by atoms with Crippen LogP contribution >= 0.6 is 0 Å². The molecular formula is C22H35N3O2. The second kappa shape index (κ2) is 8.87. The molecule has 150 valence electrons. The summed E-state index contributed by atoms with van der Waals surface area (Å²) in [6.07, 6.45) is 1.91. The van der Waals surface area contributed by atoms with Gasteiger partial charge in [-0.1, -0.05) is 32.0 Å². The van der Waals surface area contributed by atoms with Crippen LogP contribution in [0, 0.1) is 5.92 Å². The molecule has 2 rings (SSSR count). The number of piperidine rings is 1. The summed E-state index contributed by atoms with van der Waals surface area (Å²) in [6.45, 7) is 10.6. The standard InChI is InChI=1S/C22H35N3O2/c1-16(2)15-23-21(27)22(3,4)25-13-11-17(12-14-25)18-9-7-8-10-19(18)20(26)24(5)6/h7-10,16-17H,11-15H2,1-6H3,(H,23,27). The first kappa shape index (κ1) is 21.4. The van der Waals surface area contributed by atoms with Gasteiger partial charge in [0.1, 0.15) is 0 Å². The van der Waals surface area contributed by atoms with E-state index in [4.69, 9.17) is 0 Å². The summed E-state index contributed by atoms with van der Waals surface area (Å²) >= 11 is 0. The van der Waals surface area contributed by atoms with E-state index in [1.54, 1.807) is 19.0 Å². The third kappa shape index (κ3) is 5.10. The molecule has 2 amide bonds. The Kier molecular flexibility index (Phi) is 7.04. The lowest BCUT2D eigenvalue weighted by Crippen LogP contribution is -2.57. The number of benzene rings is 1. The molecule has 1 N–H and O–H groups in total. The lowest BCUT2D eigenvalue weighted by molar-refractivity contribution is -0.132. The van der Waals surface area contributed by atoms with Crippen LogP contribution in [-0.2, 0) is 4.79 Å². The third-order valence-corrected chi connectivity index (χ3v) is 5.55. The van der Waals surface area contributed by atoms with Gasteiger partial charge < -0.3 is 10.2 Å². The van der Waals surface area contributed by atoms with Crippen LogP contribution in [0.2, 0.25) is 0 Å². The molecule has 1 heterocycles. The van der Waals surface area contributed by atoms with Crippen molar-refractivity contribution < 1.29 is 9.59 Å². The number of likely N-dealkylation sites (tertiary alicyclic amines) is 1. The highest BCUT2D eigenvalue weighted by Crippen LogP contribution is 2.33. The van der Waals surface area contributed by atoms with Gasteiger partial charge in [0.05, 0.1) is 5.54 Å². The number of carbonyl (C=O) groups is 2. The molecule has 1 aromatic rings. The fraction of sp³-hybridized carbons (Fsp3) is 0.636. The number of rotatable bonds is 6. The van der Waals surface area contributed by atoms with Crippen molar-refractivity contribution in [2.45, 2.75) is 52.0 Å². The molecule has 1 aliphatic rings. The van der Waals surface area contributed by atoms with Gasteiger partial charge in [-0.3, -0.25) is 14.5 Å². The van der Waals surface area contributed by atoms with Crippen molar-refractivity contribution in [1.29, 1.82) is 0 Å². The lowest BCUT2D eigenvalue weighted by Gasteiger charge is -2.42. The predicted molar refractivity (Wildman–Crippen MR) is 110 cm³/mol. The van der Waals surface area contributed by atoms with Gasteiger partial charge in [-0.05, 0) is 63.2 Å². The minimum atomic E-state index is -0.515. The van der Waals surface area contributed by atoms with Crippen LogP contribution in [0.3, 0.4) is 0 Å². The maximum Gasteiger partial charge on any atom is 0.253 e. The van der Waals surface area contributed by atoms with E-state index in [1.165, 1.54) is 0 Å². The molecular weight excluding hydrogens is 338 g/mol. The Morgan fingerprint density at radius 2 is 1.78 bits per heavy atom. The van der Waals surface area contributed by atoms with E-state index in [1.807, 2.05) is 32.0 Å². The van der Waals surface area contributed by atoms with Crippen LogP contribution in [-0.4, -0.2) is 60.9 Å². The summed E-state index contributed by atoms with van der Waals surface area (Å²) in [5.41, 5.74) is 1.42. The summed E-state index contributed by atoms with van der Waals surface area (Å²) in [6, 6.07) is 7.94. The van der Waals surface area contributed by atoms with Crippen molar-refractivity contribution in [2.24, 2.45) is 5.92 Å². The van der Waals surface area contributed by atoms with Crippen LogP contribution in [0.15, 0.2) is 24.3 Å². The number of amides is 2. The van der Waals surface area contributed by atoms with E-state index in [9.17, 15) is 9.59 Å². The number of hydrogen-bond donors (Lipinski definition) is 1. The minimum Gasteiger partial charge on any atom is -0.354 e. The van der Waals surface area contributed by atoms with Crippen molar-refractivity contribution in [3.63, 3.8) is 0 Å². The van der Waals surface area contributed by atoms with Crippen molar-refractivity contribution in [3.8, 4) is 0 Å². The van der Waals surface area contributed by atoms with Gasteiger partial charge >= 0.3 is 0 Å². The summed E-state index contributed by atoms with van der Waals surface area (Å²) < 4.78 is 0. The first-order chi connectivity index (χ1) is 12.6. The zero-order valence-electron chi connectivity index (χ0n) is 17.7. The molecule has 5 nitrogen and oxygen atoms in total. The van der Waals surface area contributed by atoms with Crippen molar-refractivity contribution in [3.05, 3.63) is 35.4 Å². The minimum absolute atomic E-state index is 0.0569. The largest absolute Gasteiger partial charge is 0.354 e. The molecule has 27 heavy (non-hydrogen) atoms. The summed E-state index contributed by atoms with van der Waals surface area (Å²) in [7, 11) is 3.58. The normalized spacial score (nSPS) is 16.4. The quantitative estimate of drug-likeness (QED) is 0.834. The molecule has 0 aliphatic carbocycles. The molecule has 1 aliphatic heterocycles. The Morgan fingerprint density at radius 1 is 1.19 bits per heavy atom. The smallest absolute Gasteiger partial charge is 0.253 e. The van der Waals surface area contributed by atoms with E-state index in [0.29, 0.717) is 18.4 Å². The Labute approximate surface area is 164 Å². The van der Waals surface area contributed by atoms with Crippen LogP contribution in [0.5, 0.6) is 0 Å². The second-order valence-electron chi connectivity index (χ2n) is 8.71. The summed E-state index contributed by atoms with van der Waals surface area (Å²) in [5, 5.41) is 3.07. The SMILES string of the molecule is CC(C)CNC(=O)C(C)(C)N1CCC(c2ccccc2C(=O)N(C)C)CC1. The molecule has 0 atom stereocenters. The molecule has 0 spiro atoms. The van der Waals surface area contributed by atoms with Gasteiger partial charge in [0, 0.05) is 26.2 Å². The Balaban J connectivity index is 2.05. The fourth-order valence-corrected chi connectivity index (χ4v) is 3.69. The Hall–Kier alpha value is -1.88. The summed E-state index contributed by atoms with van der Waals surface area (Å²) in [4.78, 5) is 29.1. The van der Waals surface area contributed by atoms with Gasteiger partial charge in [0.25, 0.3) is 5.91 Å². The maximum atomic E-state index is 12.6. The van der Waals surface area contributed by atoms with Gasteiger partial charge in [-0.2, -0.15) is 0 Å². The molecule has 0 aromatic heterocycles. The topological polar surface area (TPSA) is 52.7 Å². The monoisotopic (exact) mass is 373 g/mol. The van der Waals surface area contributed by atoms with Crippen molar-refractivity contribution >= 4 is 11.8 Å². The zero-order valence-corrected chi connectivity index (χ0v) is 17.7. The second-order valence-corrected chi connectivity index (χ2v) is 8.71. The number of nitrogens with one attached hydrogen (secondary N) is 1. The highest BCUT2D eigenvalue weighted by Gasteiger charge is 2.37. The number of hydrogen-bond acceptors (Lipinski definition) is 3. The van der Waals surface area contributed by atoms with Crippen LogP contribution in [0.4, 0.5) is 0 Å². The predicted octanol–water partition coefficient (Wildman–Crippen LogP) is 3.12. The zero-order chi connectivity index (χ0) is 20.2. The van der Waals surface area contributed by atoms with E-state index in [2.05, 4.69) is 30.1 Å². The van der Waals surface area contributed by atoms with Crippen molar-refractivity contribution in [2.75, 3.05) is 33.7 Å². The lowest BCUT2D eigenvalue weighted by atomic mass is 9.84. The van der Waals surface area contributed by atoms with Gasteiger partial charge in [0.15, 0.2) is 0 Å². The number of carbonyl (C=O) groups excluding carboxylic acids is 2. The first-order valence-corrected chi connectivity index (χ1v) is 9.98. The molecule has 1 aromatic carbocycles. The van der Waals surface area contributed by atoms with Gasteiger partial charge in [-0.15, -0.1) is 0 Å². The van der Waals surface area contributed by atoms with Crippen LogP contribution in [0.1, 0.15) is 62.4 Å². The molecule has 0 unspecified atom stereocenters. The van der Waals surface area contributed by atoms with Crippen molar-refractivity contribution in [1.82, 2.24) is 15.1 Å². The Bertz CT molecular complexity index is 659. The van der Waals surface area contributed by atoms with Crippen LogP contribution < -0.4 is 5.32 Å². The molecule has 5 heteroatoms. The average molecular weight is 374 g/mol. The van der Waals surface area contributed by atoms with E-state index in [0.717, 1.165) is 37.1 Å². The average Bonchev–Trinajstić information content (AvgIpc) is 2.65. The molecule has 1 fully saturated rings. The van der Waals surface area contributed by atoms with E-state index in [-0.39, 0.29) is 11.8 Å². The summed E-state index contributed by atoms with van der Waals surface area (Å²) in [5.74, 6) is 0.955. The Morgan fingerprint density at radius 3 is 2.33 bits per heavy atom. The molecule has 0 radical (unpaired) electrons. The highest BCUT2D eigenvalue weighted by atomic mass is 16.2. The third-order valence-electron chi connectivity index (χ3n) is 5.55. The molecule has 0 bridgehead atoms. The highest BCUT2D eigenvalue weighted by molar-refractivity contribution is 5.95. The fourth-order valence-electron chi connectivity index (χ4n) is 3.69. The maximum absolute atomic E-state index is 12.6. The number of nitrogens with zero attached hydrogens (tertiary/aromatic N) is 2. The van der Waals surface area contributed by atoms with Crippen LogP contribution in [0.25, 0.3) is 0 Å².